The predicted molar refractivity (Wildman–Crippen MR) is 155 cm³/mol. The Morgan fingerprint density at radius 1 is 1.05 bits per heavy atom. The monoisotopic (exact) mass is 599 g/mol. The number of aromatic nitrogens is 1. The van der Waals surface area contributed by atoms with Gasteiger partial charge in [-0.3, -0.25) is 19.2 Å². The highest BCUT2D eigenvalue weighted by atomic mass is 35.5. The van der Waals surface area contributed by atoms with E-state index < -0.39 is 27.4 Å². The molecule has 0 atom stereocenters. The van der Waals surface area contributed by atoms with Crippen molar-refractivity contribution in [3.05, 3.63) is 116 Å². The van der Waals surface area contributed by atoms with Crippen LogP contribution >= 0.6 is 23.2 Å². The first-order valence-corrected chi connectivity index (χ1v) is 14.0. The Bertz CT molecular complexity index is 1710. The standard InChI is InChI=1S/C27H23Cl2N5O5S/c1-18-14-20(19(2)33(18)26-13-8-21(28)15-25(26)29)16-30-31-27(35)17-32(22-9-11-23(12-10-22)34(36)37)40(38,39)24-6-4-3-5-7-24/h3-16H,17H2,1-2H3,(H,31,35)/b30-16+. The van der Waals surface area contributed by atoms with E-state index in [1.807, 2.05) is 24.5 Å². The number of carbonyl (C=O) groups excluding carboxylic acids is 1. The lowest BCUT2D eigenvalue weighted by molar-refractivity contribution is -0.384. The molecule has 0 aliphatic heterocycles. The van der Waals surface area contributed by atoms with Crippen molar-refractivity contribution >= 4 is 56.7 Å². The summed E-state index contributed by atoms with van der Waals surface area (Å²) in [5.41, 5.74) is 5.33. The normalized spacial score (nSPS) is 11.5. The average molecular weight is 600 g/mol. The van der Waals surface area contributed by atoms with Crippen molar-refractivity contribution in [2.45, 2.75) is 18.7 Å². The molecule has 1 amide bonds. The summed E-state index contributed by atoms with van der Waals surface area (Å²) in [4.78, 5) is 23.3. The van der Waals surface area contributed by atoms with Crippen LogP contribution in [-0.4, -0.2) is 36.6 Å². The topological polar surface area (TPSA) is 127 Å². The Hall–Kier alpha value is -4.19. The summed E-state index contributed by atoms with van der Waals surface area (Å²) in [6, 6.07) is 19.5. The first-order valence-electron chi connectivity index (χ1n) is 11.8. The Kier molecular flexibility index (Phi) is 8.58. The van der Waals surface area contributed by atoms with Crippen molar-refractivity contribution in [1.82, 2.24) is 9.99 Å². The van der Waals surface area contributed by atoms with Crippen LogP contribution in [0.15, 0.2) is 88.9 Å². The van der Waals surface area contributed by atoms with Gasteiger partial charge < -0.3 is 4.57 Å². The highest BCUT2D eigenvalue weighted by Crippen LogP contribution is 2.29. The summed E-state index contributed by atoms with van der Waals surface area (Å²) in [7, 11) is -4.18. The van der Waals surface area contributed by atoms with Crippen molar-refractivity contribution in [1.29, 1.82) is 0 Å². The largest absolute Gasteiger partial charge is 0.316 e. The fraction of sp³-hybridized carbons (Fsp3) is 0.111. The third-order valence-corrected chi connectivity index (χ3v) is 8.31. The van der Waals surface area contributed by atoms with Crippen molar-refractivity contribution in [3.63, 3.8) is 0 Å². The van der Waals surface area contributed by atoms with Gasteiger partial charge in [0.05, 0.1) is 32.4 Å². The maximum absolute atomic E-state index is 13.4. The van der Waals surface area contributed by atoms with Gasteiger partial charge in [0.15, 0.2) is 0 Å². The zero-order valence-electron chi connectivity index (χ0n) is 21.3. The number of amides is 1. The summed E-state index contributed by atoms with van der Waals surface area (Å²) in [6.45, 7) is 3.14. The molecule has 0 unspecified atom stereocenters. The van der Waals surface area contributed by atoms with Gasteiger partial charge in [-0.1, -0.05) is 41.4 Å². The Morgan fingerprint density at radius 2 is 1.73 bits per heavy atom. The van der Waals surface area contributed by atoms with Gasteiger partial charge in [0.2, 0.25) is 0 Å². The Balaban J connectivity index is 1.56. The minimum absolute atomic E-state index is 0.0436. The number of carbonyl (C=O) groups is 1. The number of benzene rings is 3. The Labute approximate surface area is 240 Å². The smallest absolute Gasteiger partial charge is 0.269 e. The molecule has 0 aliphatic rings. The van der Waals surface area contributed by atoms with Gasteiger partial charge in [0.1, 0.15) is 6.54 Å². The number of hydrazone groups is 1. The number of hydrogen-bond donors (Lipinski definition) is 1. The fourth-order valence-electron chi connectivity index (χ4n) is 4.07. The van der Waals surface area contributed by atoms with Crippen LogP contribution in [0, 0.1) is 24.0 Å². The van der Waals surface area contributed by atoms with Crippen molar-refractivity contribution in [2.75, 3.05) is 10.8 Å². The molecule has 40 heavy (non-hydrogen) atoms. The number of anilines is 1. The maximum atomic E-state index is 13.4. The van der Waals surface area contributed by atoms with Gasteiger partial charge in [-0.05, 0) is 62.4 Å². The van der Waals surface area contributed by atoms with Crippen molar-refractivity contribution in [2.24, 2.45) is 5.10 Å². The molecule has 3 aromatic carbocycles. The van der Waals surface area contributed by atoms with Crippen LogP contribution in [0.3, 0.4) is 0 Å². The zero-order valence-corrected chi connectivity index (χ0v) is 23.6. The van der Waals surface area contributed by atoms with Crippen LogP contribution in [0.4, 0.5) is 11.4 Å². The summed E-state index contributed by atoms with van der Waals surface area (Å²) in [6.07, 6.45) is 1.45. The van der Waals surface area contributed by atoms with Crippen LogP contribution in [0.1, 0.15) is 17.0 Å². The van der Waals surface area contributed by atoms with Crippen LogP contribution in [0.25, 0.3) is 5.69 Å². The van der Waals surface area contributed by atoms with Crippen LogP contribution in [-0.2, 0) is 14.8 Å². The van der Waals surface area contributed by atoms with Gasteiger partial charge >= 0.3 is 0 Å². The molecule has 0 bridgehead atoms. The van der Waals surface area contributed by atoms with E-state index in [0.29, 0.717) is 15.6 Å². The molecule has 13 heteroatoms. The first kappa shape index (κ1) is 28.8. The van der Waals surface area contributed by atoms with E-state index in [-0.39, 0.29) is 16.3 Å². The fourth-order valence-corrected chi connectivity index (χ4v) is 6.00. The van der Waals surface area contributed by atoms with E-state index in [1.54, 1.807) is 36.4 Å². The molecule has 0 spiro atoms. The minimum Gasteiger partial charge on any atom is -0.316 e. The number of non-ortho nitro benzene ring substituents is 1. The molecule has 1 heterocycles. The average Bonchev–Trinajstić information content (AvgIpc) is 3.20. The number of nitrogens with one attached hydrogen (secondary N) is 1. The molecule has 206 valence electrons. The molecule has 1 aromatic heterocycles. The highest BCUT2D eigenvalue weighted by molar-refractivity contribution is 7.92. The lowest BCUT2D eigenvalue weighted by Gasteiger charge is -2.23. The lowest BCUT2D eigenvalue weighted by Crippen LogP contribution is -2.39. The quantitative estimate of drug-likeness (QED) is 0.151. The van der Waals surface area contributed by atoms with E-state index in [4.69, 9.17) is 23.2 Å². The zero-order chi connectivity index (χ0) is 29.0. The van der Waals surface area contributed by atoms with E-state index in [0.717, 1.165) is 21.4 Å². The van der Waals surface area contributed by atoms with Crippen molar-refractivity contribution in [3.8, 4) is 5.69 Å². The molecular formula is C27H23Cl2N5O5S. The molecule has 4 aromatic rings. The second-order valence-electron chi connectivity index (χ2n) is 8.65. The number of nitrogens with zero attached hydrogens (tertiary/aromatic N) is 4. The molecule has 0 saturated heterocycles. The molecule has 1 N–H and O–H groups in total. The summed E-state index contributed by atoms with van der Waals surface area (Å²) < 4.78 is 29.6. The van der Waals surface area contributed by atoms with E-state index >= 15 is 0 Å². The van der Waals surface area contributed by atoms with Gasteiger partial charge in [0.25, 0.3) is 21.6 Å². The van der Waals surface area contributed by atoms with Gasteiger partial charge in [0, 0.05) is 34.1 Å². The third kappa shape index (κ3) is 6.17. The summed E-state index contributed by atoms with van der Waals surface area (Å²) in [5, 5.41) is 16.1. The van der Waals surface area contributed by atoms with Crippen LogP contribution in [0.2, 0.25) is 10.0 Å². The second kappa shape index (κ2) is 11.9. The molecule has 4 rings (SSSR count). The van der Waals surface area contributed by atoms with Gasteiger partial charge in [-0.15, -0.1) is 0 Å². The number of sulfonamides is 1. The lowest BCUT2D eigenvalue weighted by atomic mass is 10.2. The molecule has 10 nitrogen and oxygen atoms in total. The Morgan fingerprint density at radius 3 is 2.35 bits per heavy atom. The molecule has 0 aliphatic carbocycles. The van der Waals surface area contributed by atoms with Gasteiger partial charge in [-0.25, -0.2) is 13.8 Å². The number of halogens is 2. The third-order valence-electron chi connectivity index (χ3n) is 5.98. The summed E-state index contributed by atoms with van der Waals surface area (Å²) in [5.74, 6) is -0.719. The molecular weight excluding hydrogens is 577 g/mol. The predicted octanol–water partition coefficient (Wildman–Crippen LogP) is 5.65. The number of rotatable bonds is 9. The van der Waals surface area contributed by atoms with E-state index in [1.165, 1.54) is 42.6 Å². The number of aryl methyl sites for hydroxylation is 1. The molecule has 0 radical (unpaired) electrons. The van der Waals surface area contributed by atoms with Crippen molar-refractivity contribution < 1.29 is 18.1 Å². The number of nitro groups is 1. The van der Waals surface area contributed by atoms with E-state index in [2.05, 4.69) is 10.5 Å². The SMILES string of the molecule is Cc1cc(/C=N/NC(=O)CN(c2ccc([N+](=O)[O-])cc2)S(=O)(=O)c2ccccc2)c(C)n1-c1ccc(Cl)cc1Cl. The first-order chi connectivity index (χ1) is 19.0. The highest BCUT2D eigenvalue weighted by Gasteiger charge is 2.27. The number of hydrogen-bond acceptors (Lipinski definition) is 6. The van der Waals surface area contributed by atoms with Gasteiger partial charge in [-0.2, -0.15) is 5.10 Å². The van der Waals surface area contributed by atoms with E-state index in [9.17, 15) is 23.3 Å². The van der Waals surface area contributed by atoms with Crippen LogP contribution in [0.5, 0.6) is 0 Å². The summed E-state index contributed by atoms with van der Waals surface area (Å²) >= 11 is 12.4. The maximum Gasteiger partial charge on any atom is 0.269 e. The molecule has 0 saturated carbocycles. The second-order valence-corrected chi connectivity index (χ2v) is 11.4. The number of nitro benzene ring substituents is 1. The molecule has 0 fully saturated rings. The van der Waals surface area contributed by atoms with Crippen LogP contribution < -0.4 is 9.73 Å². The minimum atomic E-state index is -4.18.